The van der Waals surface area contributed by atoms with Gasteiger partial charge in [0.25, 0.3) is 0 Å². The topological polar surface area (TPSA) is 40.5 Å². The Labute approximate surface area is 122 Å². The third-order valence-electron chi connectivity index (χ3n) is 3.61. The minimum Gasteiger partial charge on any atom is -0.478 e. The average Bonchev–Trinajstić information content (AvgIpc) is 2.84. The number of hydrogen-bond donors (Lipinski definition) is 1. The van der Waals surface area contributed by atoms with Crippen LogP contribution < -0.4 is 4.90 Å². The van der Waals surface area contributed by atoms with Crippen LogP contribution in [0.1, 0.15) is 21.5 Å². The lowest BCUT2D eigenvalue weighted by Crippen LogP contribution is -2.20. The Morgan fingerprint density at radius 3 is 2.65 bits per heavy atom. The van der Waals surface area contributed by atoms with E-state index in [-0.39, 0.29) is 0 Å². The van der Waals surface area contributed by atoms with E-state index < -0.39 is 5.97 Å². The first-order valence-electron chi connectivity index (χ1n) is 6.50. The zero-order chi connectivity index (χ0) is 14.1. The number of carboxylic acids is 1. The van der Waals surface area contributed by atoms with E-state index >= 15 is 0 Å². The molecule has 0 bridgehead atoms. The van der Waals surface area contributed by atoms with E-state index in [9.17, 15) is 4.79 Å². The Bertz CT molecular complexity index is 652. The third kappa shape index (κ3) is 2.37. The molecule has 0 saturated carbocycles. The van der Waals surface area contributed by atoms with E-state index in [1.54, 1.807) is 12.1 Å². The second-order valence-electron chi connectivity index (χ2n) is 4.92. The molecule has 3 nitrogen and oxygen atoms in total. The lowest BCUT2D eigenvalue weighted by Gasteiger charge is -2.20. The molecular weight excluding hydrogens is 274 g/mol. The predicted octanol–water partition coefficient (Wildman–Crippen LogP) is 3.60. The van der Waals surface area contributed by atoms with Crippen molar-refractivity contribution in [1.29, 1.82) is 0 Å². The number of carboxylic acid groups (broad SMARTS) is 1. The molecule has 0 aromatic heterocycles. The van der Waals surface area contributed by atoms with Gasteiger partial charge in [0.05, 0.1) is 16.3 Å². The molecule has 0 radical (unpaired) electrons. The first-order valence-corrected chi connectivity index (χ1v) is 6.87. The molecule has 2 aromatic rings. The lowest BCUT2D eigenvalue weighted by molar-refractivity contribution is 0.0697. The van der Waals surface area contributed by atoms with Crippen LogP contribution in [0.15, 0.2) is 42.5 Å². The van der Waals surface area contributed by atoms with Crippen molar-refractivity contribution in [2.24, 2.45) is 0 Å². The number of rotatable bonds is 3. The van der Waals surface area contributed by atoms with Gasteiger partial charge in [-0.15, -0.1) is 0 Å². The molecule has 0 spiro atoms. The van der Waals surface area contributed by atoms with E-state index in [0.29, 0.717) is 5.56 Å². The monoisotopic (exact) mass is 287 g/mol. The molecule has 0 fully saturated rings. The number of fused-ring (bicyclic) bond motifs is 1. The summed E-state index contributed by atoms with van der Waals surface area (Å²) in [5.41, 5.74) is 3.78. The van der Waals surface area contributed by atoms with Gasteiger partial charge in [0.15, 0.2) is 0 Å². The minimum atomic E-state index is -0.897. The van der Waals surface area contributed by atoms with Gasteiger partial charge in [-0.2, -0.15) is 0 Å². The van der Waals surface area contributed by atoms with Gasteiger partial charge in [-0.25, -0.2) is 4.79 Å². The second kappa shape index (κ2) is 5.17. The number of anilines is 1. The van der Waals surface area contributed by atoms with Gasteiger partial charge in [0.1, 0.15) is 0 Å². The van der Waals surface area contributed by atoms with Crippen LogP contribution in [-0.4, -0.2) is 17.6 Å². The van der Waals surface area contributed by atoms with Crippen LogP contribution in [0.3, 0.4) is 0 Å². The number of para-hydroxylation sites is 1. The first kappa shape index (κ1) is 13.0. The Kier molecular flexibility index (Phi) is 3.36. The summed E-state index contributed by atoms with van der Waals surface area (Å²) in [6, 6.07) is 13.0. The average molecular weight is 288 g/mol. The Morgan fingerprint density at radius 1 is 1.20 bits per heavy atom. The van der Waals surface area contributed by atoms with Crippen LogP contribution in [0, 0.1) is 0 Å². The molecule has 0 unspecified atom stereocenters. The van der Waals surface area contributed by atoms with Crippen LogP contribution in [0.2, 0.25) is 5.02 Å². The normalized spacial score (nSPS) is 13.3. The quantitative estimate of drug-likeness (QED) is 0.938. The van der Waals surface area contributed by atoms with E-state index in [1.165, 1.54) is 5.56 Å². The van der Waals surface area contributed by atoms with Crippen molar-refractivity contribution in [1.82, 2.24) is 0 Å². The molecule has 0 aliphatic carbocycles. The summed E-state index contributed by atoms with van der Waals surface area (Å²) in [5, 5.41) is 9.68. The van der Waals surface area contributed by atoms with Crippen molar-refractivity contribution >= 4 is 23.3 Å². The van der Waals surface area contributed by atoms with Crippen molar-refractivity contribution in [2.45, 2.75) is 13.0 Å². The summed E-state index contributed by atoms with van der Waals surface area (Å²) < 4.78 is 0. The van der Waals surface area contributed by atoms with Crippen molar-refractivity contribution in [3.63, 3.8) is 0 Å². The molecule has 2 aromatic carbocycles. The second-order valence-corrected chi connectivity index (χ2v) is 5.33. The molecule has 102 valence electrons. The van der Waals surface area contributed by atoms with Gasteiger partial charge in [-0.05, 0) is 35.7 Å². The van der Waals surface area contributed by atoms with E-state index in [4.69, 9.17) is 16.7 Å². The molecule has 3 rings (SSSR count). The summed E-state index contributed by atoms with van der Waals surface area (Å²) in [6.45, 7) is 1.69. The van der Waals surface area contributed by atoms with E-state index in [0.717, 1.165) is 35.8 Å². The largest absolute Gasteiger partial charge is 0.478 e. The molecule has 0 amide bonds. The first-order chi connectivity index (χ1) is 9.65. The van der Waals surface area contributed by atoms with Gasteiger partial charge in [-0.1, -0.05) is 35.9 Å². The summed E-state index contributed by atoms with van der Waals surface area (Å²) in [4.78, 5) is 13.1. The van der Waals surface area contributed by atoms with Crippen LogP contribution in [-0.2, 0) is 13.0 Å². The Morgan fingerprint density at radius 2 is 1.95 bits per heavy atom. The highest BCUT2D eigenvalue weighted by molar-refractivity contribution is 6.33. The maximum Gasteiger partial charge on any atom is 0.335 e. The highest BCUT2D eigenvalue weighted by Crippen LogP contribution is 2.35. The number of hydrogen-bond acceptors (Lipinski definition) is 2. The fraction of sp³-hybridized carbons (Fsp3) is 0.188. The van der Waals surface area contributed by atoms with Gasteiger partial charge < -0.3 is 10.0 Å². The SMILES string of the molecule is O=C(O)c1ccc(CN2CCc3cccc(Cl)c32)cc1. The molecule has 1 aliphatic heterocycles. The zero-order valence-electron chi connectivity index (χ0n) is 10.8. The summed E-state index contributed by atoms with van der Waals surface area (Å²) in [6.07, 6.45) is 1.00. The highest BCUT2D eigenvalue weighted by Gasteiger charge is 2.21. The van der Waals surface area contributed by atoms with Crippen LogP contribution in [0.5, 0.6) is 0 Å². The predicted molar refractivity (Wildman–Crippen MR) is 79.6 cm³/mol. The molecule has 1 aliphatic rings. The lowest BCUT2D eigenvalue weighted by atomic mass is 10.1. The fourth-order valence-corrected chi connectivity index (χ4v) is 2.93. The van der Waals surface area contributed by atoms with E-state index in [2.05, 4.69) is 11.0 Å². The van der Waals surface area contributed by atoms with Crippen LogP contribution in [0.25, 0.3) is 0 Å². The zero-order valence-corrected chi connectivity index (χ0v) is 11.6. The van der Waals surface area contributed by atoms with Crippen molar-refractivity contribution < 1.29 is 9.90 Å². The highest BCUT2D eigenvalue weighted by atomic mass is 35.5. The molecule has 1 heterocycles. The number of nitrogens with zero attached hydrogens (tertiary/aromatic N) is 1. The van der Waals surface area contributed by atoms with Crippen molar-refractivity contribution in [3.8, 4) is 0 Å². The number of benzene rings is 2. The smallest absolute Gasteiger partial charge is 0.335 e. The van der Waals surface area contributed by atoms with Gasteiger partial charge >= 0.3 is 5.97 Å². The standard InChI is InChI=1S/C16H14ClNO2/c17-14-3-1-2-12-8-9-18(15(12)14)10-11-4-6-13(7-5-11)16(19)20/h1-7H,8-10H2,(H,19,20). The van der Waals surface area contributed by atoms with Gasteiger partial charge in [-0.3, -0.25) is 0 Å². The Balaban J connectivity index is 1.82. The Hall–Kier alpha value is -2.00. The number of aromatic carboxylic acids is 1. The summed E-state index contributed by atoms with van der Waals surface area (Å²) in [7, 11) is 0. The van der Waals surface area contributed by atoms with Crippen LogP contribution >= 0.6 is 11.6 Å². The molecule has 20 heavy (non-hydrogen) atoms. The summed E-state index contributed by atoms with van der Waals surface area (Å²) in [5.74, 6) is -0.897. The van der Waals surface area contributed by atoms with Gasteiger partial charge in [0.2, 0.25) is 0 Å². The maximum absolute atomic E-state index is 10.8. The minimum absolute atomic E-state index is 0.314. The summed E-state index contributed by atoms with van der Waals surface area (Å²) >= 11 is 6.28. The molecule has 0 saturated heterocycles. The van der Waals surface area contributed by atoms with Crippen LogP contribution in [0.4, 0.5) is 5.69 Å². The molecule has 4 heteroatoms. The van der Waals surface area contributed by atoms with E-state index in [1.807, 2.05) is 24.3 Å². The van der Waals surface area contributed by atoms with Crippen molar-refractivity contribution in [2.75, 3.05) is 11.4 Å². The van der Waals surface area contributed by atoms with Crippen molar-refractivity contribution in [3.05, 3.63) is 64.2 Å². The van der Waals surface area contributed by atoms with Gasteiger partial charge in [0, 0.05) is 13.1 Å². The number of carbonyl (C=O) groups is 1. The third-order valence-corrected chi connectivity index (χ3v) is 3.92. The number of halogens is 1. The maximum atomic E-state index is 10.8. The fourth-order valence-electron chi connectivity index (χ4n) is 2.61. The molecule has 0 atom stereocenters. The molecular formula is C16H14ClNO2. The molecule has 1 N–H and O–H groups in total.